The monoisotopic (exact) mass is 529 g/mol. The van der Waals surface area contributed by atoms with Crippen molar-refractivity contribution in [2.24, 2.45) is 5.92 Å². The summed E-state index contributed by atoms with van der Waals surface area (Å²) in [5.74, 6) is -0.0898. The van der Waals surface area contributed by atoms with E-state index in [1.54, 1.807) is 19.2 Å². The Morgan fingerprint density at radius 2 is 1.75 bits per heavy atom. The molecule has 1 aliphatic heterocycles. The quantitative estimate of drug-likeness (QED) is 0.486. The normalized spacial score (nSPS) is 13.9. The van der Waals surface area contributed by atoms with Gasteiger partial charge in [-0.15, -0.1) is 0 Å². The summed E-state index contributed by atoms with van der Waals surface area (Å²) in [6, 6.07) is 10.8. The van der Waals surface area contributed by atoms with Crippen molar-refractivity contribution in [1.82, 2.24) is 19.4 Å². The van der Waals surface area contributed by atoms with Crippen LogP contribution in [0.1, 0.15) is 19.4 Å². The third kappa shape index (κ3) is 5.65. The Morgan fingerprint density at radius 1 is 1.03 bits per heavy atom. The van der Waals surface area contributed by atoms with Crippen molar-refractivity contribution < 1.29 is 9.59 Å². The SMILES string of the molecule is CC(C)C(=O)N1CCN(c2ccc3ncn(CC(=O)N(C)Cc4ccc(Cl)c(Cl)c4)c(=O)c3c2)CC1. The van der Waals surface area contributed by atoms with Gasteiger partial charge < -0.3 is 14.7 Å². The minimum Gasteiger partial charge on any atom is -0.368 e. The zero-order valence-corrected chi connectivity index (χ0v) is 22.1. The van der Waals surface area contributed by atoms with Crippen LogP contribution < -0.4 is 10.5 Å². The first kappa shape index (κ1) is 26.0. The van der Waals surface area contributed by atoms with Crippen LogP contribution in [0.3, 0.4) is 0 Å². The van der Waals surface area contributed by atoms with Crippen molar-refractivity contribution in [1.29, 1.82) is 0 Å². The summed E-state index contributed by atoms with van der Waals surface area (Å²) < 4.78 is 1.33. The Morgan fingerprint density at radius 3 is 2.42 bits per heavy atom. The van der Waals surface area contributed by atoms with E-state index >= 15 is 0 Å². The molecular formula is C26H29Cl2N5O3. The van der Waals surface area contributed by atoms with Crippen LogP contribution in [-0.4, -0.2) is 64.4 Å². The molecule has 190 valence electrons. The number of hydrogen-bond donors (Lipinski definition) is 0. The molecule has 36 heavy (non-hydrogen) atoms. The molecule has 0 radical (unpaired) electrons. The standard InChI is InChI=1S/C26H29Cl2N5O3/c1-17(2)25(35)32-10-8-31(9-11-32)19-5-7-23-20(13-19)26(36)33(16-29-23)15-24(34)30(3)14-18-4-6-21(27)22(28)12-18/h4-7,12-13,16-17H,8-11,14-15H2,1-3H3. The minimum atomic E-state index is -0.272. The maximum absolute atomic E-state index is 13.2. The van der Waals surface area contributed by atoms with Gasteiger partial charge in [0.2, 0.25) is 11.8 Å². The first-order valence-electron chi connectivity index (χ1n) is 11.8. The molecule has 1 fully saturated rings. The predicted molar refractivity (Wildman–Crippen MR) is 143 cm³/mol. The van der Waals surface area contributed by atoms with Crippen LogP contribution in [0.4, 0.5) is 5.69 Å². The van der Waals surface area contributed by atoms with E-state index in [2.05, 4.69) is 9.88 Å². The summed E-state index contributed by atoms with van der Waals surface area (Å²) in [4.78, 5) is 48.3. The summed E-state index contributed by atoms with van der Waals surface area (Å²) >= 11 is 12.0. The van der Waals surface area contributed by atoms with Crippen LogP contribution in [0.25, 0.3) is 10.9 Å². The molecular weight excluding hydrogens is 501 g/mol. The highest BCUT2D eigenvalue weighted by Gasteiger charge is 2.23. The highest BCUT2D eigenvalue weighted by molar-refractivity contribution is 6.42. The van der Waals surface area contributed by atoms with E-state index in [9.17, 15) is 14.4 Å². The van der Waals surface area contributed by atoms with Crippen molar-refractivity contribution in [2.75, 3.05) is 38.1 Å². The zero-order chi connectivity index (χ0) is 26.0. The van der Waals surface area contributed by atoms with Gasteiger partial charge in [0.05, 0.1) is 27.3 Å². The Bertz CT molecular complexity index is 1350. The largest absolute Gasteiger partial charge is 0.368 e. The van der Waals surface area contributed by atoms with E-state index in [-0.39, 0.29) is 29.8 Å². The van der Waals surface area contributed by atoms with Crippen molar-refractivity contribution in [3.8, 4) is 0 Å². The van der Waals surface area contributed by atoms with Crippen LogP contribution in [0.2, 0.25) is 10.0 Å². The molecule has 2 aromatic carbocycles. The van der Waals surface area contributed by atoms with Gasteiger partial charge >= 0.3 is 0 Å². The number of rotatable bonds is 6. The third-order valence-electron chi connectivity index (χ3n) is 6.39. The number of hydrogen-bond acceptors (Lipinski definition) is 5. The number of likely N-dealkylation sites (N-methyl/N-ethyl adjacent to an activating group) is 1. The summed E-state index contributed by atoms with van der Waals surface area (Å²) in [5, 5.41) is 1.33. The molecule has 1 saturated heterocycles. The molecule has 3 aromatic rings. The molecule has 0 aliphatic carbocycles. The Labute approximate surface area is 220 Å². The summed E-state index contributed by atoms with van der Waals surface area (Å²) in [7, 11) is 1.67. The van der Waals surface area contributed by atoms with Crippen LogP contribution in [0.15, 0.2) is 47.5 Å². The average molecular weight is 530 g/mol. The maximum Gasteiger partial charge on any atom is 0.261 e. The van der Waals surface area contributed by atoms with Crippen molar-refractivity contribution in [3.63, 3.8) is 0 Å². The fourth-order valence-corrected chi connectivity index (χ4v) is 4.59. The van der Waals surface area contributed by atoms with Crippen LogP contribution in [0.5, 0.6) is 0 Å². The van der Waals surface area contributed by atoms with Gasteiger partial charge in [0.25, 0.3) is 5.56 Å². The molecule has 0 unspecified atom stereocenters. The Hall–Kier alpha value is -3.10. The molecule has 1 aliphatic rings. The van der Waals surface area contributed by atoms with Crippen LogP contribution in [-0.2, 0) is 22.7 Å². The second-order valence-corrected chi connectivity index (χ2v) is 10.2. The van der Waals surface area contributed by atoms with Crippen LogP contribution in [0, 0.1) is 5.92 Å². The number of carbonyl (C=O) groups excluding carboxylic acids is 2. The molecule has 0 saturated carbocycles. The lowest BCUT2D eigenvalue weighted by atomic mass is 10.1. The highest BCUT2D eigenvalue weighted by atomic mass is 35.5. The van der Waals surface area contributed by atoms with Gasteiger partial charge in [0.1, 0.15) is 6.54 Å². The lowest BCUT2D eigenvalue weighted by molar-refractivity contribution is -0.134. The van der Waals surface area contributed by atoms with E-state index in [1.807, 2.05) is 43.0 Å². The van der Waals surface area contributed by atoms with Gasteiger partial charge in [-0.3, -0.25) is 19.0 Å². The molecule has 1 aromatic heterocycles. The van der Waals surface area contributed by atoms with E-state index in [0.29, 0.717) is 53.7 Å². The van der Waals surface area contributed by atoms with Crippen molar-refractivity contribution >= 4 is 51.6 Å². The molecule has 0 atom stereocenters. The fraction of sp³-hybridized carbons (Fsp3) is 0.385. The predicted octanol–water partition coefficient (Wildman–Crippen LogP) is 3.67. The first-order valence-corrected chi connectivity index (χ1v) is 12.6. The molecule has 2 heterocycles. The molecule has 0 N–H and O–H groups in total. The minimum absolute atomic E-state index is 0.0208. The van der Waals surface area contributed by atoms with Gasteiger partial charge in [-0.1, -0.05) is 43.1 Å². The molecule has 0 spiro atoms. The van der Waals surface area contributed by atoms with E-state index < -0.39 is 0 Å². The second-order valence-electron chi connectivity index (χ2n) is 9.34. The number of nitrogens with zero attached hydrogens (tertiary/aromatic N) is 5. The highest BCUT2D eigenvalue weighted by Crippen LogP contribution is 2.23. The molecule has 8 nitrogen and oxygen atoms in total. The number of anilines is 1. The molecule has 4 rings (SSSR count). The zero-order valence-electron chi connectivity index (χ0n) is 20.6. The van der Waals surface area contributed by atoms with Gasteiger partial charge in [0, 0.05) is 51.4 Å². The number of piperazine rings is 1. The number of halogens is 2. The molecule has 0 bridgehead atoms. The van der Waals surface area contributed by atoms with E-state index in [0.717, 1.165) is 11.3 Å². The maximum atomic E-state index is 13.2. The number of aromatic nitrogens is 2. The molecule has 10 heteroatoms. The van der Waals surface area contributed by atoms with Gasteiger partial charge in [-0.25, -0.2) is 4.98 Å². The van der Waals surface area contributed by atoms with Crippen molar-refractivity contribution in [2.45, 2.75) is 26.9 Å². The molecule has 2 amide bonds. The number of amides is 2. The van der Waals surface area contributed by atoms with Gasteiger partial charge in [-0.2, -0.15) is 0 Å². The topological polar surface area (TPSA) is 78.8 Å². The van der Waals surface area contributed by atoms with Crippen molar-refractivity contribution in [3.05, 3.63) is 68.7 Å². The van der Waals surface area contributed by atoms with E-state index in [1.165, 1.54) is 15.8 Å². The van der Waals surface area contributed by atoms with E-state index in [4.69, 9.17) is 23.2 Å². The lowest BCUT2D eigenvalue weighted by Gasteiger charge is -2.37. The summed E-state index contributed by atoms with van der Waals surface area (Å²) in [5.41, 5.74) is 2.04. The summed E-state index contributed by atoms with van der Waals surface area (Å²) in [6.07, 6.45) is 1.41. The second kappa shape index (κ2) is 10.9. The number of benzene rings is 2. The average Bonchev–Trinajstić information content (AvgIpc) is 2.87. The number of carbonyl (C=O) groups is 2. The third-order valence-corrected chi connectivity index (χ3v) is 7.13. The van der Waals surface area contributed by atoms with Gasteiger partial charge in [0.15, 0.2) is 0 Å². The first-order chi connectivity index (χ1) is 17.1. The van der Waals surface area contributed by atoms with Crippen LogP contribution >= 0.6 is 23.2 Å². The fourth-order valence-electron chi connectivity index (χ4n) is 4.27. The smallest absolute Gasteiger partial charge is 0.261 e. The van der Waals surface area contributed by atoms with Gasteiger partial charge in [-0.05, 0) is 35.9 Å². The summed E-state index contributed by atoms with van der Waals surface area (Å²) in [6.45, 7) is 6.70. The lowest BCUT2D eigenvalue weighted by Crippen LogP contribution is -2.49. The Kier molecular flexibility index (Phi) is 7.85. The Balaban J connectivity index is 1.47. The number of fused-ring (bicyclic) bond motifs is 1.